The van der Waals surface area contributed by atoms with Gasteiger partial charge in [0.1, 0.15) is 11.1 Å². The lowest BCUT2D eigenvalue weighted by molar-refractivity contribution is -0.136. The van der Waals surface area contributed by atoms with E-state index in [-0.39, 0.29) is 0 Å². The van der Waals surface area contributed by atoms with E-state index in [1.807, 2.05) is 0 Å². The molecule has 1 heterocycles. The van der Waals surface area contributed by atoms with Crippen LogP contribution < -0.4 is 0 Å². The van der Waals surface area contributed by atoms with Crippen molar-refractivity contribution in [2.45, 2.75) is 69.2 Å². The molecule has 0 spiro atoms. The number of rotatable bonds is 10. The van der Waals surface area contributed by atoms with Crippen LogP contribution in [0.25, 0.3) is 0 Å². The number of thioether (sulfide) groups is 1. The predicted molar refractivity (Wildman–Crippen MR) is 76.4 cm³/mol. The van der Waals surface area contributed by atoms with Gasteiger partial charge >= 0.3 is 5.97 Å². The quantitative estimate of drug-likeness (QED) is 0.509. The van der Waals surface area contributed by atoms with E-state index in [0.717, 1.165) is 18.7 Å². The fourth-order valence-corrected chi connectivity index (χ4v) is 2.40. The predicted octanol–water partition coefficient (Wildman–Crippen LogP) is 3.27. The Balaban J connectivity index is 2.21. The molecule has 0 radical (unpaired) electrons. The van der Waals surface area contributed by atoms with Crippen LogP contribution in [0.15, 0.2) is 5.16 Å². The van der Waals surface area contributed by atoms with E-state index >= 15 is 0 Å². The molecule has 108 valence electrons. The molecule has 6 heteroatoms. The van der Waals surface area contributed by atoms with Crippen molar-refractivity contribution in [2.24, 2.45) is 0 Å². The van der Waals surface area contributed by atoms with Crippen LogP contribution in [0.4, 0.5) is 0 Å². The average Bonchev–Trinajstić information content (AvgIpc) is 2.81. The second-order valence-corrected chi connectivity index (χ2v) is 5.99. The highest BCUT2D eigenvalue weighted by Gasteiger charge is 2.15. The summed E-state index contributed by atoms with van der Waals surface area (Å²) >= 11 is 1.17. The van der Waals surface area contributed by atoms with Crippen molar-refractivity contribution in [3.05, 3.63) is 5.82 Å². The fraction of sp³-hybridized carbons (Fsp3) is 0.769. The third-order valence-corrected chi connectivity index (χ3v) is 3.86. The number of hydrogen-bond acceptors (Lipinski definition) is 4. The molecule has 0 aliphatic rings. The van der Waals surface area contributed by atoms with Crippen LogP contribution >= 0.6 is 11.8 Å². The van der Waals surface area contributed by atoms with E-state index in [1.165, 1.54) is 43.9 Å². The Bertz CT molecular complexity index is 382. The zero-order valence-corrected chi connectivity index (χ0v) is 12.5. The van der Waals surface area contributed by atoms with Crippen LogP contribution in [0.3, 0.4) is 0 Å². The minimum atomic E-state index is -0.840. The summed E-state index contributed by atoms with van der Waals surface area (Å²) in [4.78, 5) is 15.0. The van der Waals surface area contributed by atoms with E-state index < -0.39 is 11.2 Å². The SMILES string of the molecule is CCCCCCCCc1nc(S[C@H](C)C(=O)O)n[nH]1. The van der Waals surface area contributed by atoms with E-state index in [1.54, 1.807) is 6.92 Å². The number of carboxylic acids is 1. The molecular formula is C13H23N3O2S. The van der Waals surface area contributed by atoms with Gasteiger partial charge in [0, 0.05) is 6.42 Å². The van der Waals surface area contributed by atoms with Crippen LogP contribution in [0.2, 0.25) is 0 Å². The maximum atomic E-state index is 10.7. The first-order valence-electron chi connectivity index (χ1n) is 6.94. The molecule has 0 aromatic carbocycles. The third-order valence-electron chi connectivity index (χ3n) is 2.91. The Kier molecular flexibility index (Phi) is 7.55. The molecule has 1 atom stereocenters. The van der Waals surface area contributed by atoms with Gasteiger partial charge in [-0.25, -0.2) is 4.98 Å². The van der Waals surface area contributed by atoms with Gasteiger partial charge in [-0.15, -0.1) is 5.10 Å². The molecule has 5 nitrogen and oxygen atoms in total. The molecule has 0 aliphatic carbocycles. The summed E-state index contributed by atoms with van der Waals surface area (Å²) in [5.41, 5.74) is 0. The van der Waals surface area contributed by atoms with E-state index in [0.29, 0.717) is 5.16 Å². The van der Waals surface area contributed by atoms with Gasteiger partial charge in [0.2, 0.25) is 5.16 Å². The normalized spacial score (nSPS) is 12.5. The molecule has 0 unspecified atom stereocenters. The van der Waals surface area contributed by atoms with Crippen molar-refractivity contribution in [2.75, 3.05) is 0 Å². The molecule has 0 fully saturated rings. The molecule has 2 N–H and O–H groups in total. The number of unbranched alkanes of at least 4 members (excludes halogenated alkanes) is 5. The van der Waals surface area contributed by atoms with Crippen LogP contribution in [0, 0.1) is 0 Å². The Morgan fingerprint density at radius 1 is 1.32 bits per heavy atom. The number of hydrogen-bond donors (Lipinski definition) is 2. The van der Waals surface area contributed by atoms with E-state index in [4.69, 9.17) is 5.11 Å². The van der Waals surface area contributed by atoms with Crippen LogP contribution in [-0.4, -0.2) is 31.5 Å². The Labute approximate surface area is 118 Å². The van der Waals surface area contributed by atoms with Crippen molar-refractivity contribution < 1.29 is 9.90 Å². The lowest BCUT2D eigenvalue weighted by atomic mass is 10.1. The van der Waals surface area contributed by atoms with Gasteiger partial charge in [0.25, 0.3) is 0 Å². The smallest absolute Gasteiger partial charge is 0.316 e. The molecule has 0 amide bonds. The van der Waals surface area contributed by atoms with Gasteiger partial charge in [-0.05, 0) is 13.3 Å². The number of aromatic amines is 1. The first-order chi connectivity index (χ1) is 9.13. The molecule has 1 aromatic rings. The monoisotopic (exact) mass is 285 g/mol. The van der Waals surface area contributed by atoms with Crippen molar-refractivity contribution in [1.82, 2.24) is 15.2 Å². The lowest BCUT2D eigenvalue weighted by Crippen LogP contribution is -2.11. The van der Waals surface area contributed by atoms with E-state index in [9.17, 15) is 4.79 Å². The molecule has 0 bridgehead atoms. The van der Waals surface area contributed by atoms with Crippen molar-refractivity contribution >= 4 is 17.7 Å². The van der Waals surface area contributed by atoms with Crippen molar-refractivity contribution in [3.8, 4) is 0 Å². The number of aromatic nitrogens is 3. The number of H-pyrrole nitrogens is 1. The summed E-state index contributed by atoms with van der Waals surface area (Å²) in [6.45, 7) is 3.85. The largest absolute Gasteiger partial charge is 0.480 e. The molecule has 0 saturated heterocycles. The minimum Gasteiger partial charge on any atom is -0.480 e. The fourth-order valence-electron chi connectivity index (χ4n) is 1.72. The Hall–Kier alpha value is -1.04. The number of carboxylic acid groups (broad SMARTS) is 1. The second kappa shape index (κ2) is 8.96. The highest BCUT2D eigenvalue weighted by Crippen LogP contribution is 2.19. The molecule has 19 heavy (non-hydrogen) atoms. The topological polar surface area (TPSA) is 78.9 Å². The zero-order chi connectivity index (χ0) is 14.1. The van der Waals surface area contributed by atoms with Gasteiger partial charge in [0.15, 0.2) is 0 Å². The highest BCUT2D eigenvalue weighted by atomic mass is 32.2. The minimum absolute atomic E-state index is 0.516. The van der Waals surface area contributed by atoms with Gasteiger partial charge in [-0.3, -0.25) is 9.89 Å². The van der Waals surface area contributed by atoms with Gasteiger partial charge in [0.05, 0.1) is 0 Å². The first-order valence-corrected chi connectivity index (χ1v) is 7.82. The summed E-state index contributed by atoms with van der Waals surface area (Å²) < 4.78 is 0. The number of nitrogens with one attached hydrogen (secondary N) is 1. The van der Waals surface area contributed by atoms with Crippen LogP contribution in [-0.2, 0) is 11.2 Å². The summed E-state index contributed by atoms with van der Waals surface area (Å²) in [5.74, 6) is 0.0165. The highest BCUT2D eigenvalue weighted by molar-refractivity contribution is 8.00. The third kappa shape index (κ3) is 6.61. The maximum absolute atomic E-state index is 10.7. The van der Waals surface area contributed by atoms with Crippen LogP contribution in [0.5, 0.6) is 0 Å². The number of nitrogens with zero attached hydrogens (tertiary/aromatic N) is 2. The van der Waals surface area contributed by atoms with Crippen LogP contribution in [0.1, 0.15) is 58.2 Å². The van der Waals surface area contributed by atoms with Crippen molar-refractivity contribution in [3.63, 3.8) is 0 Å². The van der Waals surface area contributed by atoms with E-state index in [2.05, 4.69) is 22.1 Å². The van der Waals surface area contributed by atoms with Gasteiger partial charge in [-0.1, -0.05) is 50.8 Å². The molecule has 1 aromatic heterocycles. The molecular weight excluding hydrogens is 262 g/mol. The summed E-state index contributed by atoms with van der Waals surface area (Å²) in [7, 11) is 0. The summed E-state index contributed by atoms with van der Waals surface area (Å²) in [6, 6.07) is 0. The first kappa shape index (κ1) is 16.0. The Morgan fingerprint density at radius 3 is 2.68 bits per heavy atom. The summed E-state index contributed by atoms with van der Waals surface area (Å²) in [6.07, 6.45) is 8.39. The second-order valence-electron chi connectivity index (χ2n) is 4.68. The number of aryl methyl sites for hydroxylation is 1. The number of aliphatic carboxylic acids is 1. The van der Waals surface area contributed by atoms with Gasteiger partial charge in [-0.2, -0.15) is 0 Å². The molecule has 0 saturated carbocycles. The standard InChI is InChI=1S/C13H23N3O2S/c1-3-4-5-6-7-8-9-11-14-13(16-15-11)19-10(2)12(17)18/h10H,3-9H2,1-2H3,(H,17,18)(H,14,15,16)/t10-/m1/s1. The molecule has 1 rings (SSSR count). The lowest BCUT2D eigenvalue weighted by Gasteiger charge is -2.00. The molecule has 0 aliphatic heterocycles. The number of carbonyl (C=O) groups is 1. The van der Waals surface area contributed by atoms with Gasteiger partial charge < -0.3 is 5.11 Å². The Morgan fingerprint density at radius 2 is 2.00 bits per heavy atom. The maximum Gasteiger partial charge on any atom is 0.316 e. The summed E-state index contributed by atoms with van der Waals surface area (Å²) in [5, 5.41) is 15.7. The zero-order valence-electron chi connectivity index (χ0n) is 11.7. The van der Waals surface area contributed by atoms with Crippen molar-refractivity contribution in [1.29, 1.82) is 0 Å². The average molecular weight is 285 g/mol.